The second kappa shape index (κ2) is 15.0. The summed E-state index contributed by atoms with van der Waals surface area (Å²) in [6.07, 6.45) is 0. The standard InChI is InChI=1S/C56H38N4/c1-37-19-21-45(41-13-5-3-6-14-41)33-53(37)59(47-17-9-11-39(31-47)35-57)51-29-25-43-24-28-50-52(30-26-44-23-27-49(51)55(43)56(44)50)60(48-18-10-12-40(32-48)36-58)54-34-46(22-20-38(54)2)42-15-7-4-8-16-42/h3-34H,1-2H3. The minimum atomic E-state index is 0.601. The van der Waals surface area contributed by atoms with Crippen LogP contribution < -0.4 is 9.80 Å². The molecule has 0 atom stereocenters. The lowest BCUT2D eigenvalue weighted by molar-refractivity contribution is 1.26. The van der Waals surface area contributed by atoms with E-state index in [2.05, 4.69) is 181 Å². The fraction of sp³-hybridized carbons (Fsp3) is 0.0357. The van der Waals surface area contributed by atoms with Crippen molar-refractivity contribution in [3.8, 4) is 34.4 Å². The van der Waals surface area contributed by atoms with E-state index in [0.717, 1.165) is 89.0 Å². The maximum atomic E-state index is 10.1. The molecule has 60 heavy (non-hydrogen) atoms. The molecule has 0 spiro atoms. The van der Waals surface area contributed by atoms with Gasteiger partial charge in [-0.3, -0.25) is 0 Å². The van der Waals surface area contributed by atoms with Gasteiger partial charge < -0.3 is 9.80 Å². The lowest BCUT2D eigenvalue weighted by Gasteiger charge is -2.31. The Morgan fingerprint density at radius 1 is 0.350 bits per heavy atom. The molecular weight excluding hydrogens is 729 g/mol. The molecule has 0 saturated heterocycles. The highest BCUT2D eigenvalue weighted by atomic mass is 15.2. The van der Waals surface area contributed by atoms with Gasteiger partial charge in [-0.2, -0.15) is 10.5 Å². The van der Waals surface area contributed by atoms with Gasteiger partial charge in [0.2, 0.25) is 0 Å². The minimum Gasteiger partial charge on any atom is -0.310 e. The predicted molar refractivity (Wildman–Crippen MR) is 249 cm³/mol. The smallest absolute Gasteiger partial charge is 0.0992 e. The lowest BCUT2D eigenvalue weighted by Crippen LogP contribution is -2.13. The van der Waals surface area contributed by atoms with Crippen LogP contribution in [0, 0.1) is 36.5 Å². The normalized spacial score (nSPS) is 11.1. The van der Waals surface area contributed by atoms with Crippen molar-refractivity contribution in [2.24, 2.45) is 0 Å². The summed E-state index contributed by atoms with van der Waals surface area (Å²) < 4.78 is 0. The summed E-state index contributed by atoms with van der Waals surface area (Å²) in [4.78, 5) is 4.63. The lowest BCUT2D eigenvalue weighted by atomic mass is 9.91. The first-order valence-electron chi connectivity index (χ1n) is 20.1. The molecule has 0 aliphatic rings. The third kappa shape index (κ3) is 6.25. The molecule has 0 radical (unpaired) electrons. The van der Waals surface area contributed by atoms with Crippen LogP contribution in [-0.2, 0) is 0 Å². The molecule has 4 heteroatoms. The molecule has 10 aromatic rings. The summed E-state index contributed by atoms with van der Waals surface area (Å²) in [6, 6.07) is 72.5. The maximum Gasteiger partial charge on any atom is 0.0992 e. The number of hydrogen-bond acceptors (Lipinski definition) is 4. The monoisotopic (exact) mass is 766 g/mol. The molecule has 0 amide bonds. The fourth-order valence-corrected chi connectivity index (χ4v) is 8.73. The highest BCUT2D eigenvalue weighted by Crippen LogP contribution is 2.49. The summed E-state index contributed by atoms with van der Waals surface area (Å²) in [5.41, 5.74) is 13.9. The maximum absolute atomic E-state index is 10.1. The van der Waals surface area contributed by atoms with Gasteiger partial charge in [-0.15, -0.1) is 0 Å². The van der Waals surface area contributed by atoms with Gasteiger partial charge in [-0.05, 0) is 129 Å². The van der Waals surface area contributed by atoms with Gasteiger partial charge in [0, 0.05) is 33.5 Å². The Hall–Kier alpha value is -8.18. The van der Waals surface area contributed by atoms with Crippen LogP contribution in [0.1, 0.15) is 22.3 Å². The molecule has 0 aromatic heterocycles. The Morgan fingerprint density at radius 3 is 1.18 bits per heavy atom. The first kappa shape index (κ1) is 36.2. The molecule has 0 heterocycles. The molecule has 282 valence electrons. The Morgan fingerprint density at radius 2 is 0.767 bits per heavy atom. The number of nitriles is 2. The summed E-state index contributed by atoms with van der Waals surface area (Å²) in [5, 5.41) is 27.0. The van der Waals surface area contributed by atoms with E-state index in [-0.39, 0.29) is 0 Å². The SMILES string of the molecule is Cc1ccc(-c2ccccc2)cc1N(c1cccc(C#N)c1)c1ccc2ccc3c(N(c4cccc(C#N)c4)c4cc(-c5ccccc5)ccc4C)ccc4ccc1c2c43. The van der Waals surface area contributed by atoms with E-state index in [4.69, 9.17) is 0 Å². The molecule has 0 unspecified atom stereocenters. The highest BCUT2D eigenvalue weighted by Gasteiger charge is 2.24. The largest absolute Gasteiger partial charge is 0.310 e. The number of hydrogen-bond donors (Lipinski definition) is 0. The van der Waals surface area contributed by atoms with Crippen LogP contribution in [0.25, 0.3) is 54.6 Å². The summed E-state index contributed by atoms with van der Waals surface area (Å²) in [6.45, 7) is 4.30. The third-order valence-corrected chi connectivity index (χ3v) is 11.7. The predicted octanol–water partition coefficient (Wildman–Crippen LogP) is 15.2. The van der Waals surface area contributed by atoms with Gasteiger partial charge in [-0.1, -0.05) is 133 Å². The van der Waals surface area contributed by atoms with Crippen LogP contribution in [0.15, 0.2) is 194 Å². The van der Waals surface area contributed by atoms with Crippen LogP contribution in [0.4, 0.5) is 34.1 Å². The molecule has 10 aromatic carbocycles. The topological polar surface area (TPSA) is 54.1 Å². The zero-order valence-electron chi connectivity index (χ0n) is 33.3. The van der Waals surface area contributed by atoms with Crippen LogP contribution in [-0.4, -0.2) is 0 Å². The van der Waals surface area contributed by atoms with Crippen molar-refractivity contribution in [2.75, 3.05) is 9.80 Å². The van der Waals surface area contributed by atoms with Crippen molar-refractivity contribution in [3.05, 3.63) is 216 Å². The second-order valence-corrected chi connectivity index (χ2v) is 15.3. The van der Waals surface area contributed by atoms with E-state index in [1.807, 2.05) is 48.5 Å². The molecule has 0 saturated carbocycles. The number of nitrogens with zero attached hydrogens (tertiary/aromatic N) is 4. The Balaban J connectivity index is 1.23. The average Bonchev–Trinajstić information content (AvgIpc) is 3.31. The van der Waals surface area contributed by atoms with Crippen molar-refractivity contribution in [1.29, 1.82) is 10.5 Å². The van der Waals surface area contributed by atoms with Crippen LogP contribution >= 0.6 is 0 Å². The number of rotatable bonds is 8. The van der Waals surface area contributed by atoms with Crippen molar-refractivity contribution in [2.45, 2.75) is 13.8 Å². The van der Waals surface area contributed by atoms with Crippen LogP contribution in [0.5, 0.6) is 0 Å². The van der Waals surface area contributed by atoms with Crippen molar-refractivity contribution < 1.29 is 0 Å². The molecule has 0 bridgehead atoms. The molecule has 4 nitrogen and oxygen atoms in total. The van der Waals surface area contributed by atoms with E-state index >= 15 is 0 Å². The van der Waals surface area contributed by atoms with Crippen LogP contribution in [0.3, 0.4) is 0 Å². The van der Waals surface area contributed by atoms with E-state index < -0.39 is 0 Å². The van der Waals surface area contributed by atoms with Gasteiger partial charge in [0.1, 0.15) is 0 Å². The zero-order chi connectivity index (χ0) is 40.7. The molecule has 10 rings (SSSR count). The minimum absolute atomic E-state index is 0.601. The summed E-state index contributed by atoms with van der Waals surface area (Å²) in [7, 11) is 0. The number of aryl methyl sites for hydroxylation is 2. The second-order valence-electron chi connectivity index (χ2n) is 15.3. The average molecular weight is 767 g/mol. The zero-order valence-corrected chi connectivity index (χ0v) is 33.3. The van der Waals surface area contributed by atoms with Crippen molar-refractivity contribution in [1.82, 2.24) is 0 Å². The Labute approximate surface area is 350 Å². The van der Waals surface area contributed by atoms with Crippen LogP contribution in [0.2, 0.25) is 0 Å². The summed E-state index contributed by atoms with van der Waals surface area (Å²) >= 11 is 0. The fourth-order valence-electron chi connectivity index (χ4n) is 8.73. The first-order chi connectivity index (χ1) is 29.5. The molecule has 0 N–H and O–H groups in total. The van der Waals surface area contributed by atoms with E-state index in [0.29, 0.717) is 11.1 Å². The van der Waals surface area contributed by atoms with E-state index in [1.54, 1.807) is 0 Å². The third-order valence-electron chi connectivity index (χ3n) is 11.7. The van der Waals surface area contributed by atoms with Gasteiger partial charge in [0.05, 0.1) is 34.6 Å². The van der Waals surface area contributed by atoms with Gasteiger partial charge in [-0.25, -0.2) is 0 Å². The van der Waals surface area contributed by atoms with E-state index in [1.165, 1.54) is 10.8 Å². The van der Waals surface area contributed by atoms with Gasteiger partial charge in [0.25, 0.3) is 0 Å². The number of benzene rings is 10. The number of anilines is 6. The van der Waals surface area contributed by atoms with Crippen molar-refractivity contribution in [3.63, 3.8) is 0 Å². The quantitative estimate of drug-likeness (QED) is 0.145. The molecule has 0 aliphatic carbocycles. The van der Waals surface area contributed by atoms with Gasteiger partial charge in [0.15, 0.2) is 0 Å². The highest BCUT2D eigenvalue weighted by molar-refractivity contribution is 6.28. The Kier molecular flexibility index (Phi) is 9.02. The molecule has 0 aliphatic heterocycles. The Bertz CT molecular complexity index is 3090. The molecule has 0 fully saturated rings. The van der Waals surface area contributed by atoms with E-state index in [9.17, 15) is 10.5 Å². The first-order valence-corrected chi connectivity index (χ1v) is 20.1. The van der Waals surface area contributed by atoms with Gasteiger partial charge >= 0.3 is 0 Å². The summed E-state index contributed by atoms with van der Waals surface area (Å²) in [5.74, 6) is 0. The molecular formula is C56H38N4. The van der Waals surface area contributed by atoms with Crippen molar-refractivity contribution >= 4 is 66.4 Å².